The Morgan fingerprint density at radius 1 is 1.29 bits per heavy atom. The Balaban J connectivity index is 1.94. The average molecular weight is 324 g/mol. The highest BCUT2D eigenvalue weighted by Gasteiger charge is 2.10. The third-order valence-electron chi connectivity index (χ3n) is 3.32. The topological polar surface area (TPSA) is 109 Å². The van der Waals surface area contributed by atoms with E-state index in [2.05, 4.69) is 26.3 Å². The van der Waals surface area contributed by atoms with Crippen LogP contribution in [-0.4, -0.2) is 51.0 Å². The zero-order valence-electron chi connectivity index (χ0n) is 12.9. The smallest absolute Gasteiger partial charge is 0.237 e. The lowest BCUT2D eigenvalue weighted by Crippen LogP contribution is -2.13. The molecule has 1 aromatic carbocycles. The van der Waals surface area contributed by atoms with E-state index in [1.807, 2.05) is 0 Å². The molecule has 0 amide bonds. The Kier molecular flexibility index (Phi) is 4.96. The minimum Gasteiger partial charge on any atom is -0.394 e. The normalized spacial score (nSPS) is 10.7. The number of aromatic nitrogens is 4. The molecule has 8 nitrogen and oxygen atoms in total. The van der Waals surface area contributed by atoms with Gasteiger partial charge < -0.3 is 15.2 Å². The predicted octanol–water partition coefficient (Wildman–Crippen LogP) is 1.11. The van der Waals surface area contributed by atoms with Crippen LogP contribution in [0.4, 0.5) is 5.82 Å². The van der Waals surface area contributed by atoms with Gasteiger partial charge in [0.1, 0.15) is 12.1 Å². The molecule has 3 aromatic rings. The lowest BCUT2D eigenvalue weighted by Gasteiger charge is -2.11. The summed E-state index contributed by atoms with van der Waals surface area (Å²) in [5.74, 6) is 1.11. The van der Waals surface area contributed by atoms with Gasteiger partial charge in [-0.1, -0.05) is 0 Å². The maximum Gasteiger partial charge on any atom is 0.237 e. The molecule has 0 fully saturated rings. The van der Waals surface area contributed by atoms with Crippen LogP contribution in [0.25, 0.3) is 16.9 Å². The van der Waals surface area contributed by atoms with Crippen molar-refractivity contribution >= 4 is 16.7 Å². The quantitative estimate of drug-likeness (QED) is 0.626. The molecule has 3 rings (SSSR count). The van der Waals surface area contributed by atoms with E-state index in [9.17, 15) is 0 Å². The number of nitrogens with zero attached hydrogens (tertiary/aromatic N) is 5. The maximum absolute atomic E-state index is 9.10. The second kappa shape index (κ2) is 7.50. The fourth-order valence-electron chi connectivity index (χ4n) is 2.22. The lowest BCUT2D eigenvalue weighted by molar-refractivity contribution is 0.0992. The first-order valence-electron chi connectivity index (χ1n) is 7.44. The molecule has 0 bridgehead atoms. The summed E-state index contributed by atoms with van der Waals surface area (Å²) in [4.78, 5) is 13.0. The molecule has 0 spiro atoms. The summed E-state index contributed by atoms with van der Waals surface area (Å²) in [6.07, 6.45) is 5.04. The maximum atomic E-state index is 9.10. The van der Waals surface area contributed by atoms with Gasteiger partial charge in [-0.05, 0) is 18.2 Å². The number of nitriles is 1. The Morgan fingerprint density at radius 3 is 2.96 bits per heavy atom. The van der Waals surface area contributed by atoms with E-state index in [0.29, 0.717) is 37.1 Å². The van der Waals surface area contributed by atoms with Crippen LogP contribution in [0, 0.1) is 11.3 Å². The lowest BCUT2D eigenvalue weighted by atomic mass is 10.1. The van der Waals surface area contributed by atoms with Gasteiger partial charge in [-0.3, -0.25) is 4.57 Å². The largest absolute Gasteiger partial charge is 0.394 e. The summed E-state index contributed by atoms with van der Waals surface area (Å²) in [7, 11) is 0. The van der Waals surface area contributed by atoms with Gasteiger partial charge in [0.05, 0.1) is 37.0 Å². The van der Waals surface area contributed by atoms with Gasteiger partial charge in [-0.15, -0.1) is 0 Å². The zero-order valence-corrected chi connectivity index (χ0v) is 12.9. The third-order valence-corrected chi connectivity index (χ3v) is 3.32. The number of nitrogens with one attached hydrogen (secondary N) is 1. The van der Waals surface area contributed by atoms with Gasteiger partial charge >= 0.3 is 0 Å². The number of ether oxygens (including phenoxy) is 1. The van der Waals surface area contributed by atoms with Crippen LogP contribution in [0.5, 0.6) is 0 Å². The number of benzene rings is 1. The molecule has 0 saturated carbocycles. The monoisotopic (exact) mass is 324 g/mol. The van der Waals surface area contributed by atoms with Crippen molar-refractivity contribution < 1.29 is 9.84 Å². The molecule has 2 N–H and O–H groups in total. The van der Waals surface area contributed by atoms with E-state index in [-0.39, 0.29) is 6.61 Å². The summed E-state index contributed by atoms with van der Waals surface area (Å²) < 4.78 is 6.95. The first-order valence-corrected chi connectivity index (χ1v) is 7.44. The Morgan fingerprint density at radius 2 is 2.21 bits per heavy atom. The number of aliphatic hydroxyl groups is 1. The molecule has 24 heavy (non-hydrogen) atoms. The van der Waals surface area contributed by atoms with Gasteiger partial charge in [0.25, 0.3) is 0 Å². The highest BCUT2D eigenvalue weighted by Crippen LogP contribution is 2.22. The van der Waals surface area contributed by atoms with Crippen molar-refractivity contribution in [3.63, 3.8) is 0 Å². The van der Waals surface area contributed by atoms with E-state index >= 15 is 0 Å². The number of aliphatic hydroxyl groups excluding tert-OH is 1. The van der Waals surface area contributed by atoms with Crippen molar-refractivity contribution in [2.75, 3.05) is 31.7 Å². The second-order valence-electron chi connectivity index (χ2n) is 4.95. The van der Waals surface area contributed by atoms with Crippen molar-refractivity contribution in [1.29, 1.82) is 5.26 Å². The third kappa shape index (κ3) is 3.48. The number of anilines is 1. The van der Waals surface area contributed by atoms with Crippen LogP contribution in [-0.2, 0) is 4.74 Å². The fourth-order valence-corrected chi connectivity index (χ4v) is 2.22. The van der Waals surface area contributed by atoms with Crippen molar-refractivity contribution in [3.05, 3.63) is 42.5 Å². The molecule has 0 aliphatic rings. The van der Waals surface area contributed by atoms with Crippen LogP contribution in [0.3, 0.4) is 0 Å². The summed E-state index contributed by atoms with van der Waals surface area (Å²) in [6, 6.07) is 7.39. The molecule has 122 valence electrons. The Bertz CT molecular complexity index is 857. The molecule has 0 aliphatic heterocycles. The SMILES string of the molecule is N#Cc1ccc2nc(-n3ccnc3)nc(NCCOCCO)c2c1. The highest BCUT2D eigenvalue weighted by atomic mass is 16.5. The molecule has 0 radical (unpaired) electrons. The van der Waals surface area contributed by atoms with E-state index in [1.165, 1.54) is 0 Å². The molecule has 8 heteroatoms. The van der Waals surface area contributed by atoms with Crippen LogP contribution in [0.2, 0.25) is 0 Å². The number of fused-ring (bicyclic) bond motifs is 1. The van der Waals surface area contributed by atoms with E-state index < -0.39 is 0 Å². The average Bonchev–Trinajstić information content (AvgIpc) is 3.15. The highest BCUT2D eigenvalue weighted by molar-refractivity contribution is 5.90. The molecular formula is C16H16N6O2. The number of imidazole rings is 1. The number of rotatable bonds is 7. The van der Waals surface area contributed by atoms with E-state index in [1.54, 1.807) is 41.5 Å². The predicted molar refractivity (Wildman–Crippen MR) is 87.8 cm³/mol. The van der Waals surface area contributed by atoms with Gasteiger partial charge in [-0.25, -0.2) is 9.97 Å². The summed E-state index contributed by atoms with van der Waals surface area (Å²) in [6.45, 7) is 1.24. The molecular weight excluding hydrogens is 308 g/mol. The van der Waals surface area contributed by atoms with Crippen molar-refractivity contribution in [1.82, 2.24) is 19.5 Å². The van der Waals surface area contributed by atoms with Gasteiger partial charge in [0.2, 0.25) is 5.95 Å². The molecule has 0 aliphatic carbocycles. The number of hydrogen-bond donors (Lipinski definition) is 2. The van der Waals surface area contributed by atoms with Crippen LogP contribution >= 0.6 is 0 Å². The fraction of sp³-hybridized carbons (Fsp3) is 0.250. The van der Waals surface area contributed by atoms with Gasteiger partial charge in [0, 0.05) is 24.3 Å². The first-order chi connectivity index (χ1) is 11.8. The summed E-state index contributed by atoms with van der Waals surface area (Å²) in [5.41, 5.74) is 1.27. The van der Waals surface area contributed by atoms with Crippen molar-refractivity contribution in [2.45, 2.75) is 0 Å². The first kappa shape index (κ1) is 15.9. The summed E-state index contributed by atoms with van der Waals surface area (Å²) in [5, 5.41) is 21.8. The minimum atomic E-state index is -0.00720. The molecule has 2 heterocycles. The van der Waals surface area contributed by atoms with Crippen molar-refractivity contribution in [2.24, 2.45) is 0 Å². The van der Waals surface area contributed by atoms with Crippen LogP contribution in [0.1, 0.15) is 5.56 Å². The standard InChI is InChI=1S/C16H16N6O2/c17-10-12-1-2-14-13(9-12)15(19-4-7-24-8-6-23)21-16(20-14)22-5-3-18-11-22/h1-3,5,9,11,23H,4,6-8H2,(H,19,20,21). The zero-order chi connectivity index (χ0) is 16.8. The Labute approximate surface area is 138 Å². The minimum absolute atomic E-state index is 0.00720. The summed E-state index contributed by atoms with van der Waals surface area (Å²) >= 11 is 0. The Hall–Kier alpha value is -3.02. The van der Waals surface area contributed by atoms with Gasteiger partial charge in [-0.2, -0.15) is 10.2 Å². The molecule has 0 unspecified atom stereocenters. The van der Waals surface area contributed by atoms with Crippen molar-refractivity contribution in [3.8, 4) is 12.0 Å². The molecule has 2 aromatic heterocycles. The molecule has 0 atom stereocenters. The van der Waals surface area contributed by atoms with Gasteiger partial charge in [0.15, 0.2) is 0 Å². The van der Waals surface area contributed by atoms with E-state index in [4.69, 9.17) is 15.1 Å². The number of hydrogen-bond acceptors (Lipinski definition) is 7. The molecule has 0 saturated heterocycles. The van der Waals surface area contributed by atoms with Crippen LogP contribution in [0.15, 0.2) is 36.9 Å². The van der Waals surface area contributed by atoms with Crippen LogP contribution < -0.4 is 5.32 Å². The second-order valence-corrected chi connectivity index (χ2v) is 4.95. The van der Waals surface area contributed by atoms with E-state index in [0.717, 1.165) is 10.9 Å².